The largest absolute Gasteiger partial charge is 0.456 e. The van der Waals surface area contributed by atoms with Gasteiger partial charge in [-0.15, -0.1) is 0 Å². The Morgan fingerprint density at radius 2 is 1.94 bits per heavy atom. The number of rotatable bonds is 3. The van der Waals surface area contributed by atoms with Crippen molar-refractivity contribution < 1.29 is 9.94 Å². The maximum absolute atomic E-state index is 8.53. The minimum absolute atomic E-state index is 0.0472. The van der Waals surface area contributed by atoms with Crippen LogP contribution in [0.2, 0.25) is 5.02 Å². The van der Waals surface area contributed by atoms with Crippen LogP contribution in [0.15, 0.2) is 47.9 Å². The summed E-state index contributed by atoms with van der Waals surface area (Å²) in [7, 11) is 0. The van der Waals surface area contributed by atoms with Gasteiger partial charge in [-0.1, -0.05) is 16.8 Å². The summed E-state index contributed by atoms with van der Waals surface area (Å²) in [6.45, 7) is 0. The van der Waals surface area contributed by atoms with E-state index >= 15 is 0 Å². The van der Waals surface area contributed by atoms with E-state index in [0.29, 0.717) is 22.1 Å². The molecule has 0 aliphatic heterocycles. The van der Waals surface area contributed by atoms with Crippen LogP contribution in [0.1, 0.15) is 5.56 Å². The first kappa shape index (κ1) is 12.2. The third-order valence-electron chi connectivity index (χ3n) is 2.17. The molecule has 3 N–H and O–H groups in total. The molecule has 0 spiro atoms. The molecule has 5 nitrogen and oxygen atoms in total. The molecule has 0 atom stereocenters. The quantitative estimate of drug-likeness (QED) is 0.386. The Balaban J connectivity index is 2.16. The summed E-state index contributed by atoms with van der Waals surface area (Å²) in [6, 6.07) is 8.43. The zero-order chi connectivity index (χ0) is 13.0. The van der Waals surface area contributed by atoms with Crippen molar-refractivity contribution in [2.45, 2.75) is 0 Å². The number of oxime groups is 1. The number of amidine groups is 1. The number of pyridine rings is 1. The summed E-state index contributed by atoms with van der Waals surface area (Å²) in [5.74, 6) is 1.19. The Hall–Kier alpha value is -2.27. The van der Waals surface area contributed by atoms with Crippen LogP contribution in [0, 0.1) is 0 Å². The number of ether oxygens (including phenoxy) is 1. The lowest BCUT2D eigenvalue weighted by molar-refractivity contribution is 0.318. The highest BCUT2D eigenvalue weighted by atomic mass is 35.5. The maximum Gasteiger partial charge on any atom is 0.170 e. The Labute approximate surface area is 108 Å². The van der Waals surface area contributed by atoms with Gasteiger partial charge in [-0.3, -0.25) is 4.98 Å². The number of benzene rings is 1. The van der Waals surface area contributed by atoms with Gasteiger partial charge in [0, 0.05) is 17.8 Å². The van der Waals surface area contributed by atoms with Crippen molar-refractivity contribution in [3.63, 3.8) is 0 Å². The van der Waals surface area contributed by atoms with Crippen LogP contribution >= 0.6 is 11.6 Å². The first-order chi connectivity index (χ1) is 8.69. The molecule has 1 heterocycles. The number of nitrogens with zero attached hydrogens (tertiary/aromatic N) is 2. The van der Waals surface area contributed by atoms with Gasteiger partial charge < -0.3 is 15.7 Å². The number of hydrogen-bond acceptors (Lipinski definition) is 4. The third kappa shape index (κ3) is 2.89. The first-order valence-electron chi connectivity index (χ1n) is 5.05. The molecular weight excluding hydrogens is 254 g/mol. The van der Waals surface area contributed by atoms with E-state index in [4.69, 9.17) is 27.3 Å². The maximum atomic E-state index is 8.53. The van der Waals surface area contributed by atoms with Crippen molar-refractivity contribution in [1.29, 1.82) is 0 Å². The lowest BCUT2D eigenvalue weighted by Gasteiger charge is -2.06. The zero-order valence-electron chi connectivity index (χ0n) is 9.25. The Bertz CT molecular complexity index is 570. The van der Waals surface area contributed by atoms with E-state index in [0.717, 1.165) is 0 Å². The fourth-order valence-electron chi connectivity index (χ4n) is 1.34. The van der Waals surface area contributed by atoms with Crippen LogP contribution in [-0.2, 0) is 0 Å². The van der Waals surface area contributed by atoms with E-state index in [2.05, 4.69) is 10.1 Å². The number of halogens is 1. The molecule has 18 heavy (non-hydrogen) atoms. The van der Waals surface area contributed by atoms with Gasteiger partial charge in [0.25, 0.3) is 0 Å². The van der Waals surface area contributed by atoms with Crippen molar-refractivity contribution in [2.75, 3.05) is 0 Å². The highest BCUT2D eigenvalue weighted by Crippen LogP contribution is 2.23. The first-order valence-corrected chi connectivity index (χ1v) is 5.43. The van der Waals surface area contributed by atoms with Crippen molar-refractivity contribution >= 4 is 17.4 Å². The van der Waals surface area contributed by atoms with Crippen molar-refractivity contribution in [2.24, 2.45) is 10.9 Å². The number of aromatic nitrogens is 1. The fraction of sp³-hybridized carbons (Fsp3) is 0. The predicted molar refractivity (Wildman–Crippen MR) is 68.3 cm³/mol. The van der Waals surface area contributed by atoms with Gasteiger partial charge in [-0.25, -0.2) is 0 Å². The average molecular weight is 264 g/mol. The van der Waals surface area contributed by atoms with Gasteiger partial charge in [0.2, 0.25) is 0 Å². The van der Waals surface area contributed by atoms with E-state index in [1.54, 1.807) is 36.5 Å². The molecule has 0 unspecified atom stereocenters. The molecule has 0 aliphatic rings. The highest BCUT2D eigenvalue weighted by molar-refractivity contribution is 6.30. The van der Waals surface area contributed by atoms with Gasteiger partial charge in [0.15, 0.2) is 5.84 Å². The van der Waals surface area contributed by atoms with Crippen LogP contribution in [0.3, 0.4) is 0 Å². The average Bonchev–Trinajstić information content (AvgIpc) is 2.39. The minimum Gasteiger partial charge on any atom is -0.456 e. The van der Waals surface area contributed by atoms with E-state index in [9.17, 15) is 0 Å². The smallest absolute Gasteiger partial charge is 0.170 e. The summed E-state index contributed by atoms with van der Waals surface area (Å²) in [5, 5.41) is 11.9. The fourth-order valence-corrected chi connectivity index (χ4v) is 1.50. The Morgan fingerprint density at radius 1 is 1.22 bits per heavy atom. The molecule has 0 bridgehead atoms. The van der Waals surface area contributed by atoms with Crippen LogP contribution in [0.4, 0.5) is 0 Å². The van der Waals surface area contributed by atoms with Crippen LogP contribution in [0.25, 0.3) is 0 Å². The van der Waals surface area contributed by atoms with Gasteiger partial charge in [-0.2, -0.15) is 0 Å². The molecule has 0 aliphatic carbocycles. The molecule has 0 amide bonds. The van der Waals surface area contributed by atoms with Gasteiger partial charge in [0.05, 0.1) is 11.2 Å². The predicted octanol–water partition coefficient (Wildman–Crippen LogP) is 2.62. The van der Waals surface area contributed by atoms with Gasteiger partial charge in [0.1, 0.15) is 11.5 Å². The topological polar surface area (TPSA) is 80.7 Å². The molecule has 1 aromatic carbocycles. The van der Waals surface area contributed by atoms with Crippen molar-refractivity contribution in [3.8, 4) is 11.5 Å². The Kier molecular flexibility index (Phi) is 3.64. The summed E-state index contributed by atoms with van der Waals surface area (Å²) in [4.78, 5) is 3.91. The minimum atomic E-state index is 0.0472. The molecule has 6 heteroatoms. The molecule has 2 aromatic rings. The summed E-state index contributed by atoms with van der Waals surface area (Å²) < 4.78 is 5.54. The lowest BCUT2D eigenvalue weighted by atomic mass is 10.2. The Morgan fingerprint density at radius 3 is 2.56 bits per heavy atom. The SMILES string of the molecule is NC(=NO)c1ccc(Oc2cncc(Cl)c2)cc1. The standard InChI is InChI=1S/C12H10ClN3O2/c13-9-5-11(7-15-6-9)18-10-3-1-8(2-4-10)12(14)16-17/h1-7,17H,(H2,14,16). The van der Waals surface area contributed by atoms with Crippen molar-refractivity contribution in [3.05, 3.63) is 53.3 Å². The molecular formula is C12H10ClN3O2. The van der Waals surface area contributed by atoms with Crippen molar-refractivity contribution in [1.82, 2.24) is 4.98 Å². The molecule has 0 saturated carbocycles. The summed E-state index contributed by atoms with van der Waals surface area (Å²) in [5.41, 5.74) is 6.05. The second kappa shape index (κ2) is 5.37. The summed E-state index contributed by atoms with van der Waals surface area (Å²) >= 11 is 5.79. The number of nitrogens with two attached hydrogens (primary N) is 1. The highest BCUT2D eigenvalue weighted by Gasteiger charge is 2.01. The molecule has 0 fully saturated rings. The number of hydrogen-bond donors (Lipinski definition) is 2. The molecule has 92 valence electrons. The van der Waals surface area contributed by atoms with E-state index in [1.165, 1.54) is 6.20 Å². The van der Waals surface area contributed by atoms with Crippen LogP contribution < -0.4 is 10.5 Å². The molecule has 0 saturated heterocycles. The van der Waals surface area contributed by atoms with E-state index in [-0.39, 0.29) is 5.84 Å². The molecule has 0 radical (unpaired) electrons. The second-order valence-corrected chi connectivity index (χ2v) is 3.89. The monoisotopic (exact) mass is 263 g/mol. The van der Waals surface area contributed by atoms with E-state index < -0.39 is 0 Å². The second-order valence-electron chi connectivity index (χ2n) is 3.45. The normalized spacial score (nSPS) is 11.3. The lowest BCUT2D eigenvalue weighted by Crippen LogP contribution is -2.12. The van der Waals surface area contributed by atoms with E-state index in [1.807, 2.05) is 0 Å². The molecule has 2 rings (SSSR count). The van der Waals surface area contributed by atoms with Gasteiger partial charge in [-0.05, 0) is 24.3 Å². The zero-order valence-corrected chi connectivity index (χ0v) is 10.0. The van der Waals surface area contributed by atoms with Gasteiger partial charge >= 0.3 is 0 Å². The van der Waals surface area contributed by atoms with Crippen LogP contribution in [-0.4, -0.2) is 16.0 Å². The van der Waals surface area contributed by atoms with Crippen LogP contribution in [0.5, 0.6) is 11.5 Å². The molecule has 1 aromatic heterocycles. The summed E-state index contributed by atoms with van der Waals surface area (Å²) in [6.07, 6.45) is 3.08. The third-order valence-corrected chi connectivity index (χ3v) is 2.38.